The zero-order chi connectivity index (χ0) is 12.7. The number of rotatable bonds is 5. The molecule has 1 rings (SSSR count). The summed E-state index contributed by atoms with van der Waals surface area (Å²) < 4.78 is 12.6. The number of carbonyl (C=O) groups excluding carboxylic acids is 1. The fourth-order valence-electron chi connectivity index (χ4n) is 1.19. The van der Waals surface area contributed by atoms with Crippen LogP contribution in [0.3, 0.4) is 0 Å². The Labute approximate surface area is 97.8 Å². The summed E-state index contributed by atoms with van der Waals surface area (Å²) in [6, 6.07) is 5.96. The lowest BCUT2D eigenvalue weighted by molar-refractivity contribution is -0.131. The summed E-state index contributed by atoms with van der Waals surface area (Å²) in [5.74, 6) is -1.93. The number of hydrogen-bond donors (Lipinski definition) is 2. The van der Waals surface area contributed by atoms with Crippen LogP contribution in [0.25, 0.3) is 0 Å². The molecule has 0 atom stereocenters. The molecule has 0 aliphatic rings. The van der Waals surface area contributed by atoms with Crippen molar-refractivity contribution in [2.24, 2.45) is 0 Å². The van der Waals surface area contributed by atoms with Gasteiger partial charge in [0.25, 0.3) is 0 Å². The van der Waals surface area contributed by atoms with E-state index in [1.807, 2.05) is 0 Å². The second-order valence-corrected chi connectivity index (χ2v) is 3.34. The number of carbonyl (C=O) groups is 2. The van der Waals surface area contributed by atoms with Crippen LogP contribution in [-0.4, -0.2) is 23.5 Å². The van der Waals surface area contributed by atoms with Crippen LogP contribution in [0.4, 0.5) is 4.39 Å². The molecule has 4 nitrogen and oxygen atoms in total. The van der Waals surface area contributed by atoms with E-state index >= 15 is 0 Å². The second kappa shape index (κ2) is 6.42. The van der Waals surface area contributed by atoms with Crippen LogP contribution in [0.5, 0.6) is 0 Å². The molecule has 0 saturated heterocycles. The Morgan fingerprint density at radius 1 is 1.24 bits per heavy atom. The van der Waals surface area contributed by atoms with E-state index in [0.29, 0.717) is 13.0 Å². The lowest BCUT2D eigenvalue weighted by atomic mass is 10.1. The maximum Gasteiger partial charge on any atom is 0.328 e. The molecule has 0 aliphatic carbocycles. The Hall–Kier alpha value is -2.17. The van der Waals surface area contributed by atoms with Crippen LogP contribution in [-0.2, 0) is 16.0 Å². The maximum absolute atomic E-state index is 12.6. The van der Waals surface area contributed by atoms with E-state index in [1.165, 1.54) is 12.1 Å². The van der Waals surface area contributed by atoms with Gasteiger partial charge in [-0.25, -0.2) is 9.18 Å². The summed E-state index contributed by atoms with van der Waals surface area (Å²) in [6.45, 7) is 0.369. The van der Waals surface area contributed by atoms with Crippen molar-refractivity contribution in [2.45, 2.75) is 6.42 Å². The van der Waals surface area contributed by atoms with E-state index in [9.17, 15) is 14.0 Å². The van der Waals surface area contributed by atoms with Crippen molar-refractivity contribution < 1.29 is 19.1 Å². The first-order chi connectivity index (χ1) is 8.08. The molecule has 0 fully saturated rings. The van der Waals surface area contributed by atoms with Gasteiger partial charge < -0.3 is 10.4 Å². The molecule has 0 heterocycles. The molecule has 0 radical (unpaired) electrons. The van der Waals surface area contributed by atoms with Crippen LogP contribution >= 0.6 is 0 Å². The minimum Gasteiger partial charge on any atom is -0.478 e. The fourth-order valence-corrected chi connectivity index (χ4v) is 1.19. The highest BCUT2D eigenvalue weighted by Gasteiger charge is 1.97. The summed E-state index contributed by atoms with van der Waals surface area (Å²) in [5, 5.41) is 10.8. The molecular formula is C12H12FNO3. The Balaban J connectivity index is 2.30. The fraction of sp³-hybridized carbons (Fsp3) is 0.167. The predicted molar refractivity (Wildman–Crippen MR) is 59.9 cm³/mol. The monoisotopic (exact) mass is 237 g/mol. The number of carboxylic acids is 1. The van der Waals surface area contributed by atoms with Gasteiger partial charge in [0, 0.05) is 18.7 Å². The minimum absolute atomic E-state index is 0.304. The normalized spacial score (nSPS) is 10.4. The van der Waals surface area contributed by atoms with Crippen molar-refractivity contribution in [1.29, 1.82) is 0 Å². The molecule has 1 aromatic rings. The van der Waals surface area contributed by atoms with Gasteiger partial charge in [-0.15, -0.1) is 0 Å². The van der Waals surface area contributed by atoms with Crippen molar-refractivity contribution in [2.75, 3.05) is 6.54 Å². The Morgan fingerprint density at radius 2 is 1.88 bits per heavy atom. The Kier molecular flexibility index (Phi) is 4.87. The molecule has 2 N–H and O–H groups in total. The summed E-state index contributed by atoms with van der Waals surface area (Å²) in [5.41, 5.74) is 0.897. The highest BCUT2D eigenvalue weighted by atomic mass is 19.1. The van der Waals surface area contributed by atoms with Gasteiger partial charge in [-0.2, -0.15) is 0 Å². The second-order valence-electron chi connectivity index (χ2n) is 3.34. The average molecular weight is 237 g/mol. The Morgan fingerprint density at radius 3 is 2.47 bits per heavy atom. The van der Waals surface area contributed by atoms with Gasteiger partial charge in [0.05, 0.1) is 0 Å². The smallest absolute Gasteiger partial charge is 0.328 e. The number of aliphatic carboxylic acids is 1. The third-order valence-electron chi connectivity index (χ3n) is 2.00. The van der Waals surface area contributed by atoms with E-state index < -0.39 is 11.9 Å². The lowest BCUT2D eigenvalue weighted by Crippen LogP contribution is -2.23. The molecule has 0 bridgehead atoms. The number of carboxylic acid groups (broad SMARTS) is 1. The summed E-state index contributed by atoms with van der Waals surface area (Å²) >= 11 is 0. The number of benzene rings is 1. The zero-order valence-corrected chi connectivity index (χ0v) is 9.02. The predicted octanol–water partition coefficient (Wildman–Crippen LogP) is 1.13. The highest BCUT2D eigenvalue weighted by Crippen LogP contribution is 2.02. The zero-order valence-electron chi connectivity index (χ0n) is 9.02. The molecule has 0 aliphatic heterocycles. The van der Waals surface area contributed by atoms with Crippen molar-refractivity contribution in [1.82, 2.24) is 5.32 Å². The number of nitrogens with one attached hydrogen (secondary N) is 1. The van der Waals surface area contributed by atoms with Crippen molar-refractivity contribution >= 4 is 11.9 Å². The third-order valence-corrected chi connectivity index (χ3v) is 2.00. The molecule has 17 heavy (non-hydrogen) atoms. The molecule has 1 amide bonds. The van der Waals surface area contributed by atoms with Gasteiger partial charge in [0.2, 0.25) is 5.91 Å². The van der Waals surface area contributed by atoms with Crippen LogP contribution < -0.4 is 5.32 Å². The molecule has 1 aromatic carbocycles. The largest absolute Gasteiger partial charge is 0.478 e. The van der Waals surface area contributed by atoms with Crippen molar-refractivity contribution in [3.05, 3.63) is 47.8 Å². The van der Waals surface area contributed by atoms with Crippen LogP contribution in [0, 0.1) is 5.82 Å². The Bertz CT molecular complexity index is 426. The topological polar surface area (TPSA) is 66.4 Å². The van der Waals surface area contributed by atoms with Gasteiger partial charge in [0.15, 0.2) is 0 Å². The summed E-state index contributed by atoms with van der Waals surface area (Å²) in [6.07, 6.45) is 2.28. The first-order valence-corrected chi connectivity index (χ1v) is 5.01. The quantitative estimate of drug-likeness (QED) is 0.754. The van der Waals surface area contributed by atoms with E-state index in [4.69, 9.17) is 5.11 Å². The molecule has 0 unspecified atom stereocenters. The first-order valence-electron chi connectivity index (χ1n) is 5.01. The lowest BCUT2D eigenvalue weighted by Gasteiger charge is -2.02. The number of halogens is 1. The summed E-state index contributed by atoms with van der Waals surface area (Å²) in [7, 11) is 0. The number of amides is 1. The van der Waals surface area contributed by atoms with Crippen LogP contribution in [0.2, 0.25) is 0 Å². The van der Waals surface area contributed by atoms with Crippen molar-refractivity contribution in [3.63, 3.8) is 0 Å². The average Bonchev–Trinajstić information content (AvgIpc) is 2.29. The van der Waals surface area contributed by atoms with Crippen LogP contribution in [0.15, 0.2) is 36.4 Å². The molecular weight excluding hydrogens is 225 g/mol. The molecule has 0 spiro atoms. The highest BCUT2D eigenvalue weighted by molar-refractivity contribution is 5.93. The van der Waals surface area contributed by atoms with E-state index in [0.717, 1.165) is 17.7 Å². The SMILES string of the molecule is O=C(O)C=CC(=O)NCCc1ccc(F)cc1. The minimum atomic E-state index is -1.17. The van der Waals surface area contributed by atoms with Gasteiger partial charge in [-0.1, -0.05) is 12.1 Å². The number of hydrogen-bond acceptors (Lipinski definition) is 2. The first kappa shape index (κ1) is 12.9. The van der Waals surface area contributed by atoms with E-state index in [2.05, 4.69) is 5.32 Å². The molecule has 0 saturated carbocycles. The summed E-state index contributed by atoms with van der Waals surface area (Å²) in [4.78, 5) is 21.2. The van der Waals surface area contributed by atoms with Gasteiger partial charge in [-0.3, -0.25) is 4.79 Å². The van der Waals surface area contributed by atoms with Gasteiger partial charge in [0.1, 0.15) is 5.82 Å². The third kappa shape index (κ3) is 5.46. The van der Waals surface area contributed by atoms with Gasteiger partial charge >= 0.3 is 5.97 Å². The maximum atomic E-state index is 12.6. The van der Waals surface area contributed by atoms with Crippen molar-refractivity contribution in [3.8, 4) is 0 Å². The standard InChI is InChI=1S/C12H12FNO3/c13-10-3-1-9(2-4-10)7-8-14-11(15)5-6-12(16)17/h1-6H,7-8H2,(H,14,15)(H,16,17). The van der Waals surface area contributed by atoms with E-state index in [1.54, 1.807) is 12.1 Å². The molecule has 0 aromatic heterocycles. The van der Waals surface area contributed by atoms with Gasteiger partial charge in [-0.05, 0) is 24.1 Å². The van der Waals surface area contributed by atoms with Crippen LogP contribution in [0.1, 0.15) is 5.56 Å². The van der Waals surface area contributed by atoms with E-state index in [-0.39, 0.29) is 5.82 Å². The molecule has 5 heteroatoms. The molecule has 90 valence electrons.